The first kappa shape index (κ1) is 32.6. The van der Waals surface area contributed by atoms with Crippen LogP contribution < -0.4 is 69.3 Å². The van der Waals surface area contributed by atoms with Crippen molar-refractivity contribution in [1.82, 2.24) is 0 Å². The van der Waals surface area contributed by atoms with Crippen LogP contribution in [0.1, 0.15) is 0 Å². The first-order valence-electron chi connectivity index (χ1n) is 7.26. The Morgan fingerprint density at radius 1 is 0.412 bits per heavy atom. The van der Waals surface area contributed by atoms with Gasteiger partial charge < -0.3 is 10.2 Å². The maximum Gasteiger partial charge on any atom is 1.00 e. The number of benzene rings is 2. The molecule has 0 radical (unpaired) electrons. The van der Waals surface area contributed by atoms with E-state index in [4.69, 9.17) is 0 Å². The van der Waals surface area contributed by atoms with E-state index in [-0.39, 0.29) is 59.1 Å². The quantitative estimate of drug-likeness (QED) is 0.203. The largest absolute Gasteiger partial charge is 1.00 e. The van der Waals surface area contributed by atoms with Crippen molar-refractivity contribution >= 4 is 34.1 Å². The zero-order chi connectivity index (χ0) is 24.9. The molecule has 0 aliphatic heterocycles. The minimum atomic E-state index is -1.40. The molecule has 0 saturated carbocycles. The Bertz CT molecular complexity index is 1100. The average molecular weight is 502 g/mol. The van der Waals surface area contributed by atoms with E-state index in [1.165, 1.54) is 0 Å². The van der Waals surface area contributed by atoms with E-state index < -0.39 is 75.2 Å². The summed E-state index contributed by atoms with van der Waals surface area (Å²) in [5.41, 5.74) is -7.78. The molecule has 0 saturated heterocycles. The van der Waals surface area contributed by atoms with Crippen molar-refractivity contribution < 1.29 is 98.9 Å². The average Bonchev–Trinajstić information content (AvgIpc) is 2.66. The molecule has 2 aromatic carbocycles. The van der Waals surface area contributed by atoms with E-state index in [0.717, 1.165) is 0 Å². The van der Waals surface area contributed by atoms with Crippen LogP contribution in [0.3, 0.4) is 0 Å². The van der Waals surface area contributed by atoms with Crippen LogP contribution in [0.15, 0.2) is 24.3 Å². The Labute approximate surface area is 228 Å². The van der Waals surface area contributed by atoms with Gasteiger partial charge in [-0.25, -0.2) is 0 Å². The van der Waals surface area contributed by atoms with Crippen LogP contribution in [-0.4, -0.2) is 29.5 Å². The van der Waals surface area contributed by atoms with E-state index in [1.54, 1.807) is 0 Å². The molecule has 2 aromatic rings. The summed E-state index contributed by atoms with van der Waals surface area (Å²) in [5.74, 6) is -2.50. The van der Waals surface area contributed by atoms with Crippen molar-refractivity contribution in [3.05, 3.63) is 85.0 Å². The summed E-state index contributed by atoms with van der Waals surface area (Å²) in [7, 11) is 0. The van der Waals surface area contributed by atoms with Gasteiger partial charge >= 0.3 is 93.2 Å². The van der Waals surface area contributed by atoms with E-state index in [0.29, 0.717) is 24.3 Å². The molecule has 0 aliphatic rings. The van der Waals surface area contributed by atoms with E-state index in [1.807, 2.05) is 0 Å². The van der Waals surface area contributed by atoms with Gasteiger partial charge in [0.15, 0.2) is 0 Å². The third-order valence-electron chi connectivity index (χ3n) is 3.31. The number of hydrogen-bond donors (Lipinski definition) is 0. The van der Waals surface area contributed by atoms with Crippen molar-refractivity contribution in [2.24, 2.45) is 0 Å². The fourth-order valence-electron chi connectivity index (χ4n) is 2.11. The van der Waals surface area contributed by atoms with Gasteiger partial charge in [0.2, 0.25) is 0 Å². The summed E-state index contributed by atoms with van der Waals surface area (Å²) in [4.78, 5) is 54.9. The van der Waals surface area contributed by atoms with Gasteiger partial charge in [0.25, 0.3) is 0 Å². The van der Waals surface area contributed by atoms with Gasteiger partial charge in [0.05, 0.1) is 29.5 Å². The second kappa shape index (κ2) is 13.2. The molecule has 0 N–H and O–H groups in total. The summed E-state index contributed by atoms with van der Waals surface area (Å²) in [5, 5.41) is 84.5. The van der Waals surface area contributed by atoms with Crippen LogP contribution in [0.4, 0.5) is 34.1 Å². The summed E-state index contributed by atoms with van der Waals surface area (Å²) < 4.78 is 0. The standard InChI is InChI=1S/2C6H3N3O7.2Na/c2*10-4-2-1-3(7(11)12)5(8(13)14)6(4)9(15)16;;/h2*1-2,10H;;/q;;2*+1/p-2. The number of hydrogen-bond acceptors (Lipinski definition) is 14. The molecule has 34 heavy (non-hydrogen) atoms. The first-order chi connectivity index (χ1) is 14.7. The maximum atomic E-state index is 11.0. The van der Waals surface area contributed by atoms with Crippen LogP contribution in [0, 0.1) is 60.7 Å². The molecule has 0 spiro atoms. The molecule has 22 heteroatoms. The zero-order valence-electron chi connectivity index (χ0n) is 16.7. The van der Waals surface area contributed by atoms with Crippen LogP contribution in [0.2, 0.25) is 0 Å². The van der Waals surface area contributed by atoms with Crippen LogP contribution >= 0.6 is 0 Å². The molecule has 2 rings (SSSR count). The molecule has 0 heterocycles. The minimum absolute atomic E-state index is 0. The number of nitro groups is 6. The van der Waals surface area contributed by atoms with Gasteiger partial charge in [0.1, 0.15) is 0 Å². The SMILES string of the molecule is O=[N+]([O-])c1ccc([O-])c([N+](=O)[O-])c1[N+](=O)[O-].O=[N+]([O-])c1ccc([O-])c([N+](=O)[O-])c1[N+](=O)[O-].[Na+].[Na+]. The molecule has 20 nitrogen and oxygen atoms in total. The Kier molecular flexibility index (Phi) is 12.7. The monoisotopic (exact) mass is 502 g/mol. The smallest absolute Gasteiger partial charge is 0.868 e. The fraction of sp³-hybridized carbons (Fsp3) is 0. The van der Waals surface area contributed by atoms with E-state index >= 15 is 0 Å². The van der Waals surface area contributed by atoms with Gasteiger partial charge in [-0.15, -0.1) is 0 Å². The third-order valence-corrected chi connectivity index (χ3v) is 3.31. The molecule has 0 bridgehead atoms. The first-order valence-corrected chi connectivity index (χ1v) is 7.26. The minimum Gasteiger partial charge on any atom is -0.868 e. The molecule has 0 fully saturated rings. The topological polar surface area (TPSA) is 305 Å². The Morgan fingerprint density at radius 2 is 0.647 bits per heavy atom. The van der Waals surface area contributed by atoms with E-state index in [2.05, 4.69) is 0 Å². The second-order valence-corrected chi connectivity index (χ2v) is 5.10. The molecular formula is C12H4N6Na2O14. The molecule has 0 amide bonds. The molecular weight excluding hydrogens is 498 g/mol. The molecule has 0 aliphatic carbocycles. The Hall–Kier alpha value is -3.56. The van der Waals surface area contributed by atoms with Gasteiger partial charge in [0, 0.05) is 12.1 Å². The van der Waals surface area contributed by atoms with Crippen molar-refractivity contribution in [2.75, 3.05) is 0 Å². The summed E-state index contributed by atoms with van der Waals surface area (Å²) in [6, 6.07) is 2.22. The zero-order valence-corrected chi connectivity index (χ0v) is 20.7. The predicted molar refractivity (Wildman–Crippen MR) is 91.7 cm³/mol. The van der Waals surface area contributed by atoms with Crippen molar-refractivity contribution in [3.63, 3.8) is 0 Å². The van der Waals surface area contributed by atoms with Gasteiger partial charge in [-0.05, 0) is 11.5 Å². The third kappa shape index (κ3) is 7.23. The predicted octanol–water partition coefficient (Wildman–Crippen LogP) is -5.02. The van der Waals surface area contributed by atoms with Gasteiger partial charge in [-0.2, -0.15) is 0 Å². The van der Waals surface area contributed by atoms with Crippen LogP contribution in [0.5, 0.6) is 11.5 Å². The van der Waals surface area contributed by atoms with Crippen molar-refractivity contribution in [3.8, 4) is 11.5 Å². The molecule has 168 valence electrons. The van der Waals surface area contributed by atoms with Crippen LogP contribution in [-0.2, 0) is 0 Å². The summed E-state index contributed by atoms with van der Waals surface area (Å²) in [6.45, 7) is 0. The van der Waals surface area contributed by atoms with Gasteiger partial charge in [-0.3, -0.25) is 60.7 Å². The molecule has 0 atom stereocenters. The molecule has 0 aromatic heterocycles. The van der Waals surface area contributed by atoms with Crippen molar-refractivity contribution in [1.29, 1.82) is 0 Å². The van der Waals surface area contributed by atoms with Crippen LogP contribution in [0.25, 0.3) is 0 Å². The number of nitrogens with zero attached hydrogens (tertiary/aromatic N) is 6. The summed E-state index contributed by atoms with van der Waals surface area (Å²) in [6.07, 6.45) is 0. The van der Waals surface area contributed by atoms with Crippen molar-refractivity contribution in [2.45, 2.75) is 0 Å². The number of rotatable bonds is 6. The Morgan fingerprint density at radius 3 is 0.824 bits per heavy atom. The normalized spacial score (nSPS) is 9.18. The number of nitro benzene ring substituents is 6. The second-order valence-electron chi connectivity index (χ2n) is 5.10. The fourth-order valence-corrected chi connectivity index (χ4v) is 2.11. The summed E-state index contributed by atoms with van der Waals surface area (Å²) >= 11 is 0. The Balaban J connectivity index is 0. The maximum absolute atomic E-state index is 11.0. The van der Waals surface area contributed by atoms with Gasteiger partial charge in [-0.1, -0.05) is 12.1 Å². The van der Waals surface area contributed by atoms with E-state index in [9.17, 15) is 70.9 Å². The molecule has 0 unspecified atom stereocenters.